The zero-order valence-electron chi connectivity index (χ0n) is 15.4. The van der Waals surface area contributed by atoms with E-state index in [0.717, 1.165) is 16.8 Å². The summed E-state index contributed by atoms with van der Waals surface area (Å²) in [6, 6.07) is 7.80. The third-order valence-electron chi connectivity index (χ3n) is 4.52. The predicted octanol–water partition coefficient (Wildman–Crippen LogP) is 2.67. The fraction of sp³-hybridized carbons (Fsp3) is 0.105. The van der Waals surface area contributed by atoms with Gasteiger partial charge in [-0.2, -0.15) is 0 Å². The molecule has 0 fully saturated rings. The van der Waals surface area contributed by atoms with Crippen LogP contribution in [0.1, 0.15) is 0 Å². The summed E-state index contributed by atoms with van der Waals surface area (Å²) >= 11 is 0. The molecule has 0 aliphatic heterocycles. The Balaban J connectivity index is 1.75. The van der Waals surface area contributed by atoms with Gasteiger partial charge in [0.1, 0.15) is 5.52 Å². The maximum absolute atomic E-state index is 4.77. The van der Waals surface area contributed by atoms with Crippen molar-refractivity contribution in [2.75, 3.05) is 5.32 Å². The van der Waals surface area contributed by atoms with E-state index in [2.05, 4.69) is 25.4 Å². The lowest BCUT2D eigenvalue weighted by Gasteiger charge is -2.11. The minimum absolute atomic E-state index is 0.514. The molecule has 0 aliphatic rings. The number of anilines is 2. The molecule has 1 N–H and O–H groups in total. The largest absolute Gasteiger partial charge is 0.331 e. The van der Waals surface area contributed by atoms with Crippen molar-refractivity contribution in [3.05, 3.63) is 61.4 Å². The van der Waals surface area contributed by atoms with Crippen molar-refractivity contribution >= 4 is 17.3 Å². The summed E-state index contributed by atoms with van der Waals surface area (Å²) in [5.74, 6) is 2.50. The summed E-state index contributed by atoms with van der Waals surface area (Å²) in [5, 5.41) is 7.99. The van der Waals surface area contributed by atoms with Gasteiger partial charge in [-0.25, -0.2) is 19.5 Å². The van der Waals surface area contributed by atoms with E-state index in [9.17, 15) is 0 Å². The molecule has 0 spiro atoms. The monoisotopic (exact) mass is 371 g/mol. The molecule has 5 heterocycles. The van der Waals surface area contributed by atoms with Crippen LogP contribution >= 0.6 is 0 Å². The highest BCUT2D eigenvalue weighted by molar-refractivity contribution is 5.88. The van der Waals surface area contributed by atoms with E-state index >= 15 is 0 Å². The summed E-state index contributed by atoms with van der Waals surface area (Å²) in [5.41, 5.74) is 2.60. The van der Waals surface area contributed by atoms with Gasteiger partial charge >= 0.3 is 0 Å². The smallest absolute Gasteiger partial charge is 0.218 e. The van der Waals surface area contributed by atoms with Gasteiger partial charge in [0.15, 0.2) is 11.6 Å². The number of pyridine rings is 1. The average molecular weight is 371 g/mol. The van der Waals surface area contributed by atoms with Crippen LogP contribution in [0.3, 0.4) is 0 Å². The van der Waals surface area contributed by atoms with Crippen molar-refractivity contribution in [3.63, 3.8) is 0 Å². The van der Waals surface area contributed by atoms with Gasteiger partial charge in [-0.3, -0.25) is 4.98 Å². The summed E-state index contributed by atoms with van der Waals surface area (Å²) in [6.45, 7) is 0. The third-order valence-corrected chi connectivity index (χ3v) is 4.52. The normalized spacial score (nSPS) is 11.2. The van der Waals surface area contributed by atoms with Crippen molar-refractivity contribution in [2.45, 2.75) is 0 Å². The lowest BCUT2D eigenvalue weighted by atomic mass is 10.2. The van der Waals surface area contributed by atoms with Crippen LogP contribution in [0.4, 0.5) is 11.8 Å². The van der Waals surface area contributed by atoms with Crippen molar-refractivity contribution < 1.29 is 0 Å². The molecule has 0 saturated heterocycles. The average Bonchev–Trinajstić information content (AvgIpc) is 3.43. The van der Waals surface area contributed by atoms with Crippen LogP contribution in [0.15, 0.2) is 61.4 Å². The van der Waals surface area contributed by atoms with Crippen molar-refractivity contribution in [2.24, 2.45) is 14.1 Å². The Morgan fingerprint density at radius 2 is 1.71 bits per heavy atom. The van der Waals surface area contributed by atoms with Crippen LogP contribution in [-0.2, 0) is 14.1 Å². The minimum atomic E-state index is 0.514. The van der Waals surface area contributed by atoms with E-state index in [0.29, 0.717) is 23.4 Å². The van der Waals surface area contributed by atoms with Crippen molar-refractivity contribution in [1.29, 1.82) is 0 Å². The molecule has 0 unspecified atom stereocenters. The van der Waals surface area contributed by atoms with E-state index < -0.39 is 0 Å². The molecular formula is C19H17N9. The summed E-state index contributed by atoms with van der Waals surface area (Å²) < 4.78 is 5.57. The fourth-order valence-electron chi connectivity index (χ4n) is 3.11. The molecule has 28 heavy (non-hydrogen) atoms. The predicted molar refractivity (Wildman–Crippen MR) is 105 cm³/mol. The number of aryl methyl sites for hydroxylation is 2. The van der Waals surface area contributed by atoms with Crippen LogP contribution in [0, 0.1) is 0 Å². The molecule has 5 rings (SSSR count). The Labute approximate surface area is 160 Å². The molecule has 5 aromatic heterocycles. The quantitative estimate of drug-likeness (QED) is 0.522. The molecular weight excluding hydrogens is 354 g/mol. The second kappa shape index (κ2) is 6.31. The van der Waals surface area contributed by atoms with Gasteiger partial charge in [-0.15, -0.1) is 5.10 Å². The fourth-order valence-corrected chi connectivity index (χ4v) is 3.11. The van der Waals surface area contributed by atoms with Gasteiger partial charge in [0.2, 0.25) is 11.8 Å². The molecule has 0 amide bonds. The van der Waals surface area contributed by atoms with E-state index in [1.807, 2.05) is 66.1 Å². The second-order valence-electron chi connectivity index (χ2n) is 6.37. The molecule has 0 saturated carbocycles. The zero-order valence-corrected chi connectivity index (χ0v) is 15.4. The lowest BCUT2D eigenvalue weighted by Crippen LogP contribution is -2.08. The molecule has 0 aliphatic carbocycles. The standard InChI is InChI=1S/C19H17N9/c1-26-11-8-21-18(26)17-23-16(24-19-22-9-12-27(19)2)15-13(6-10-28(15)25-17)14-5-3-4-7-20-14/h3-12H,1-2H3,(H,22,23,24,25). The summed E-state index contributed by atoms with van der Waals surface area (Å²) in [7, 11) is 3.84. The zero-order chi connectivity index (χ0) is 19.1. The Morgan fingerprint density at radius 3 is 2.43 bits per heavy atom. The van der Waals surface area contributed by atoms with E-state index in [1.165, 1.54) is 0 Å². The maximum atomic E-state index is 4.77. The highest BCUT2D eigenvalue weighted by Gasteiger charge is 2.18. The first kappa shape index (κ1) is 16.2. The molecule has 0 aromatic carbocycles. The number of imidazole rings is 2. The van der Waals surface area contributed by atoms with Gasteiger partial charge in [-0.05, 0) is 18.2 Å². The van der Waals surface area contributed by atoms with Crippen LogP contribution in [-0.4, -0.2) is 38.7 Å². The van der Waals surface area contributed by atoms with Gasteiger partial charge in [-0.1, -0.05) is 6.07 Å². The summed E-state index contributed by atoms with van der Waals surface area (Å²) in [6.07, 6.45) is 10.9. The molecule has 0 bridgehead atoms. The highest BCUT2D eigenvalue weighted by Crippen LogP contribution is 2.30. The first-order valence-electron chi connectivity index (χ1n) is 8.73. The van der Waals surface area contributed by atoms with Crippen LogP contribution in [0.5, 0.6) is 0 Å². The topological polar surface area (TPSA) is 90.8 Å². The number of hydrogen-bond donors (Lipinski definition) is 1. The number of nitrogens with one attached hydrogen (secondary N) is 1. The van der Waals surface area contributed by atoms with Gasteiger partial charge in [0, 0.05) is 56.8 Å². The molecule has 9 nitrogen and oxygen atoms in total. The Kier molecular flexibility index (Phi) is 3.64. The molecule has 0 radical (unpaired) electrons. The molecule has 0 atom stereocenters. The Bertz CT molecular complexity index is 1260. The first-order valence-corrected chi connectivity index (χ1v) is 8.73. The second-order valence-corrected chi connectivity index (χ2v) is 6.37. The van der Waals surface area contributed by atoms with E-state index in [4.69, 9.17) is 4.98 Å². The number of rotatable bonds is 4. The molecule has 138 valence electrons. The molecule has 5 aromatic rings. The number of nitrogens with zero attached hydrogens (tertiary/aromatic N) is 8. The Hall–Kier alpha value is -4.01. The van der Waals surface area contributed by atoms with Crippen LogP contribution in [0.2, 0.25) is 0 Å². The third kappa shape index (κ3) is 2.60. The van der Waals surface area contributed by atoms with Crippen molar-refractivity contribution in [3.8, 4) is 22.9 Å². The van der Waals surface area contributed by atoms with E-state index in [-0.39, 0.29) is 0 Å². The minimum Gasteiger partial charge on any atom is -0.331 e. The Morgan fingerprint density at radius 1 is 0.857 bits per heavy atom. The number of fused-ring (bicyclic) bond motifs is 1. The van der Waals surface area contributed by atoms with Crippen molar-refractivity contribution in [1.82, 2.24) is 38.7 Å². The number of aromatic nitrogens is 8. The maximum Gasteiger partial charge on any atom is 0.218 e. The van der Waals surface area contributed by atoms with Gasteiger partial charge in [0.05, 0.1) is 5.69 Å². The van der Waals surface area contributed by atoms with Gasteiger partial charge < -0.3 is 14.5 Å². The molecule has 9 heteroatoms. The lowest BCUT2D eigenvalue weighted by molar-refractivity contribution is 0.859. The van der Waals surface area contributed by atoms with Gasteiger partial charge in [0.25, 0.3) is 0 Å². The number of hydrogen-bond acceptors (Lipinski definition) is 6. The highest BCUT2D eigenvalue weighted by atomic mass is 15.3. The van der Waals surface area contributed by atoms with Crippen LogP contribution < -0.4 is 5.32 Å². The first-order chi connectivity index (χ1) is 13.7. The van der Waals surface area contributed by atoms with Crippen LogP contribution in [0.25, 0.3) is 28.4 Å². The SMILES string of the molecule is Cn1ccnc1Nc1nc(-c2nccn2C)nn2ccc(-c3ccccn3)c12. The summed E-state index contributed by atoms with van der Waals surface area (Å²) in [4.78, 5) is 18.0. The van der Waals surface area contributed by atoms with E-state index in [1.54, 1.807) is 23.1 Å².